The molecule has 0 unspecified atom stereocenters. The maximum atomic E-state index is 5.30. The van der Waals surface area contributed by atoms with Crippen molar-refractivity contribution in [3.63, 3.8) is 0 Å². The molecule has 0 aliphatic rings. The Bertz CT molecular complexity index is 466. The van der Waals surface area contributed by atoms with Gasteiger partial charge in [0.15, 0.2) is 11.5 Å². The number of aromatic amines is 1. The van der Waals surface area contributed by atoms with E-state index in [2.05, 4.69) is 4.98 Å². The maximum Gasteiger partial charge on any atom is 0.203 e. The van der Waals surface area contributed by atoms with Crippen LogP contribution in [0.15, 0.2) is 30.6 Å². The second-order valence-electron chi connectivity index (χ2n) is 3.51. The van der Waals surface area contributed by atoms with Gasteiger partial charge in [0, 0.05) is 12.4 Å². The topological polar surface area (TPSA) is 43.5 Å². The standard InChI is InChI=1S/C13H15NO3/c1-15-11-6-10(9-4-5-14-8-9)7-12(16-2)13(11)17-3/h4-8,14H,1-3H3. The molecular weight excluding hydrogens is 218 g/mol. The van der Waals surface area contributed by atoms with E-state index in [9.17, 15) is 0 Å². The van der Waals surface area contributed by atoms with Crippen LogP contribution in [0.5, 0.6) is 17.2 Å². The van der Waals surface area contributed by atoms with Crippen LogP contribution < -0.4 is 14.2 Å². The molecule has 0 saturated carbocycles. The van der Waals surface area contributed by atoms with E-state index in [0.29, 0.717) is 17.2 Å². The normalized spacial score (nSPS) is 10.1. The lowest BCUT2D eigenvalue weighted by Gasteiger charge is -2.13. The first kappa shape index (κ1) is 11.4. The Labute approximate surface area is 100 Å². The van der Waals surface area contributed by atoms with Crippen LogP contribution in [-0.4, -0.2) is 26.3 Å². The number of hydrogen-bond acceptors (Lipinski definition) is 3. The van der Waals surface area contributed by atoms with Crippen molar-refractivity contribution in [2.45, 2.75) is 0 Å². The molecule has 90 valence electrons. The van der Waals surface area contributed by atoms with Gasteiger partial charge < -0.3 is 19.2 Å². The molecule has 0 bridgehead atoms. The fourth-order valence-electron chi connectivity index (χ4n) is 1.75. The molecule has 0 fully saturated rings. The predicted molar refractivity (Wildman–Crippen MR) is 65.9 cm³/mol. The molecular formula is C13H15NO3. The van der Waals surface area contributed by atoms with Gasteiger partial charge in [0.25, 0.3) is 0 Å². The molecule has 0 spiro atoms. The highest BCUT2D eigenvalue weighted by molar-refractivity contribution is 5.70. The maximum absolute atomic E-state index is 5.30. The number of rotatable bonds is 4. The van der Waals surface area contributed by atoms with Crippen molar-refractivity contribution in [3.05, 3.63) is 30.6 Å². The van der Waals surface area contributed by atoms with Crippen LogP contribution in [0.4, 0.5) is 0 Å². The number of ether oxygens (including phenoxy) is 3. The number of aromatic nitrogens is 1. The second kappa shape index (κ2) is 4.82. The zero-order chi connectivity index (χ0) is 12.3. The number of hydrogen-bond donors (Lipinski definition) is 1. The van der Waals surface area contributed by atoms with Gasteiger partial charge in [-0.25, -0.2) is 0 Å². The van der Waals surface area contributed by atoms with Crippen molar-refractivity contribution in [2.75, 3.05) is 21.3 Å². The average molecular weight is 233 g/mol. The molecule has 1 aromatic carbocycles. The van der Waals surface area contributed by atoms with Gasteiger partial charge in [0.2, 0.25) is 5.75 Å². The van der Waals surface area contributed by atoms with Crippen molar-refractivity contribution in [1.82, 2.24) is 4.98 Å². The first-order chi connectivity index (χ1) is 8.30. The lowest BCUT2D eigenvalue weighted by Crippen LogP contribution is -1.95. The zero-order valence-corrected chi connectivity index (χ0v) is 10.1. The van der Waals surface area contributed by atoms with Crippen LogP contribution in [0.3, 0.4) is 0 Å². The summed E-state index contributed by atoms with van der Waals surface area (Å²) in [5.74, 6) is 1.92. The first-order valence-corrected chi connectivity index (χ1v) is 5.23. The van der Waals surface area contributed by atoms with Gasteiger partial charge in [0.05, 0.1) is 21.3 Å². The highest BCUT2D eigenvalue weighted by Gasteiger charge is 2.13. The molecule has 0 amide bonds. The number of benzene rings is 1. The fraction of sp³-hybridized carbons (Fsp3) is 0.231. The van der Waals surface area contributed by atoms with Crippen LogP contribution in [0.2, 0.25) is 0 Å². The molecule has 1 aromatic heterocycles. The Morgan fingerprint density at radius 2 is 1.53 bits per heavy atom. The SMILES string of the molecule is COc1cc(-c2cc[nH]c2)cc(OC)c1OC. The van der Waals surface area contributed by atoms with E-state index in [4.69, 9.17) is 14.2 Å². The highest BCUT2D eigenvalue weighted by atomic mass is 16.5. The lowest BCUT2D eigenvalue weighted by molar-refractivity contribution is 0.324. The van der Waals surface area contributed by atoms with E-state index in [1.807, 2.05) is 30.6 Å². The molecule has 0 atom stereocenters. The Morgan fingerprint density at radius 3 is 1.94 bits per heavy atom. The van der Waals surface area contributed by atoms with E-state index < -0.39 is 0 Å². The van der Waals surface area contributed by atoms with Crippen molar-refractivity contribution < 1.29 is 14.2 Å². The highest BCUT2D eigenvalue weighted by Crippen LogP contribution is 2.40. The molecule has 4 heteroatoms. The molecule has 2 aromatic rings. The molecule has 1 heterocycles. The van der Waals surface area contributed by atoms with Crippen molar-refractivity contribution in [1.29, 1.82) is 0 Å². The van der Waals surface area contributed by atoms with E-state index >= 15 is 0 Å². The number of H-pyrrole nitrogens is 1. The largest absolute Gasteiger partial charge is 0.493 e. The summed E-state index contributed by atoms with van der Waals surface area (Å²) in [6, 6.07) is 5.83. The molecule has 1 N–H and O–H groups in total. The minimum Gasteiger partial charge on any atom is -0.493 e. The number of methoxy groups -OCH3 is 3. The summed E-state index contributed by atoms with van der Waals surface area (Å²) in [6.45, 7) is 0. The molecule has 0 radical (unpaired) electrons. The summed E-state index contributed by atoms with van der Waals surface area (Å²) >= 11 is 0. The Hall–Kier alpha value is -2.10. The Morgan fingerprint density at radius 1 is 0.882 bits per heavy atom. The van der Waals surface area contributed by atoms with Crippen molar-refractivity contribution in [3.8, 4) is 28.4 Å². The Balaban J connectivity index is 2.56. The molecule has 4 nitrogen and oxygen atoms in total. The van der Waals surface area contributed by atoms with E-state index in [-0.39, 0.29) is 0 Å². The summed E-state index contributed by atoms with van der Waals surface area (Å²) < 4.78 is 15.9. The molecule has 17 heavy (non-hydrogen) atoms. The summed E-state index contributed by atoms with van der Waals surface area (Å²) in [6.07, 6.45) is 3.79. The third-order valence-corrected chi connectivity index (χ3v) is 2.60. The smallest absolute Gasteiger partial charge is 0.203 e. The Kier molecular flexibility index (Phi) is 3.23. The molecule has 0 aliphatic heterocycles. The van der Waals surface area contributed by atoms with Crippen molar-refractivity contribution in [2.24, 2.45) is 0 Å². The van der Waals surface area contributed by atoms with Crippen molar-refractivity contribution >= 4 is 0 Å². The average Bonchev–Trinajstić information content (AvgIpc) is 2.90. The molecule has 0 saturated heterocycles. The van der Waals surface area contributed by atoms with Gasteiger partial charge >= 0.3 is 0 Å². The summed E-state index contributed by atoms with van der Waals surface area (Å²) in [5.41, 5.74) is 2.09. The zero-order valence-electron chi connectivity index (χ0n) is 10.1. The fourth-order valence-corrected chi connectivity index (χ4v) is 1.75. The summed E-state index contributed by atoms with van der Waals surface area (Å²) in [7, 11) is 4.81. The van der Waals surface area contributed by atoms with Gasteiger partial charge in [-0.05, 0) is 29.3 Å². The second-order valence-corrected chi connectivity index (χ2v) is 3.51. The lowest BCUT2D eigenvalue weighted by atomic mass is 10.1. The predicted octanol–water partition coefficient (Wildman–Crippen LogP) is 2.71. The third-order valence-electron chi connectivity index (χ3n) is 2.60. The monoisotopic (exact) mass is 233 g/mol. The molecule has 0 aliphatic carbocycles. The van der Waals surface area contributed by atoms with Gasteiger partial charge in [0.1, 0.15) is 0 Å². The van der Waals surface area contributed by atoms with Crippen LogP contribution in [-0.2, 0) is 0 Å². The number of nitrogens with one attached hydrogen (secondary N) is 1. The minimum absolute atomic E-state index is 0.606. The first-order valence-electron chi connectivity index (χ1n) is 5.23. The summed E-state index contributed by atoms with van der Waals surface area (Å²) in [5, 5.41) is 0. The van der Waals surface area contributed by atoms with E-state index in [0.717, 1.165) is 11.1 Å². The van der Waals surface area contributed by atoms with Gasteiger partial charge in [-0.3, -0.25) is 0 Å². The van der Waals surface area contributed by atoms with E-state index in [1.54, 1.807) is 21.3 Å². The van der Waals surface area contributed by atoms with Gasteiger partial charge in [-0.1, -0.05) is 0 Å². The summed E-state index contributed by atoms with van der Waals surface area (Å²) in [4.78, 5) is 3.02. The van der Waals surface area contributed by atoms with Crippen LogP contribution in [0.1, 0.15) is 0 Å². The minimum atomic E-state index is 0.606. The molecule has 2 rings (SSSR count). The quantitative estimate of drug-likeness (QED) is 0.883. The third kappa shape index (κ3) is 2.06. The van der Waals surface area contributed by atoms with Crippen LogP contribution in [0, 0.1) is 0 Å². The van der Waals surface area contributed by atoms with Gasteiger partial charge in [-0.15, -0.1) is 0 Å². The van der Waals surface area contributed by atoms with E-state index in [1.165, 1.54) is 0 Å². The van der Waals surface area contributed by atoms with Crippen LogP contribution >= 0.6 is 0 Å². The van der Waals surface area contributed by atoms with Crippen LogP contribution in [0.25, 0.3) is 11.1 Å². The van der Waals surface area contributed by atoms with Gasteiger partial charge in [-0.2, -0.15) is 0 Å².